The van der Waals surface area contributed by atoms with Crippen molar-refractivity contribution in [3.8, 4) is 6.07 Å². The van der Waals surface area contributed by atoms with Crippen LogP contribution in [0.1, 0.15) is 5.56 Å². The first-order valence-electron chi connectivity index (χ1n) is 4.01. The molecule has 0 aliphatic heterocycles. The predicted octanol–water partition coefficient (Wildman–Crippen LogP) is 3.08. The van der Waals surface area contributed by atoms with Crippen molar-refractivity contribution in [3.63, 3.8) is 0 Å². The Bertz CT molecular complexity index is 523. The van der Waals surface area contributed by atoms with Crippen LogP contribution in [0, 0.1) is 11.3 Å². The number of hydrogen-bond acceptors (Lipinski definition) is 4. The molecule has 4 heteroatoms. The van der Waals surface area contributed by atoms with Crippen LogP contribution in [0.3, 0.4) is 0 Å². The maximum absolute atomic E-state index is 8.99. The van der Waals surface area contributed by atoms with Gasteiger partial charge in [0.25, 0.3) is 0 Å². The van der Waals surface area contributed by atoms with Crippen LogP contribution in [0.4, 0.5) is 5.69 Å². The highest BCUT2D eigenvalue weighted by Gasteiger charge is 2.11. The van der Waals surface area contributed by atoms with Crippen LogP contribution in [0.15, 0.2) is 22.4 Å². The minimum atomic E-state index is 0.572. The number of benzene rings is 1. The van der Waals surface area contributed by atoms with E-state index in [9.17, 15) is 0 Å². The third-order valence-electron chi connectivity index (χ3n) is 2.04. The lowest BCUT2D eigenvalue weighted by Gasteiger charge is -2.04. The van der Waals surface area contributed by atoms with Crippen molar-refractivity contribution in [2.75, 3.05) is 12.0 Å². The van der Waals surface area contributed by atoms with E-state index >= 15 is 0 Å². The molecule has 0 saturated heterocycles. The number of rotatable bonds is 1. The number of fused-ring (bicyclic) bond motifs is 1. The summed E-state index contributed by atoms with van der Waals surface area (Å²) in [7, 11) is 0. The summed E-state index contributed by atoms with van der Waals surface area (Å²) >= 11 is 3.23. The molecule has 14 heavy (non-hydrogen) atoms. The molecule has 0 atom stereocenters. The number of nitrogen functional groups attached to an aromatic ring is 1. The number of nitrogens with two attached hydrogens (primary N) is 1. The fraction of sp³-hybridized carbons (Fsp3) is 0.100. The summed E-state index contributed by atoms with van der Waals surface area (Å²) in [5.74, 6) is 0. The molecule has 2 N–H and O–H groups in total. The van der Waals surface area contributed by atoms with Crippen molar-refractivity contribution in [2.24, 2.45) is 0 Å². The van der Waals surface area contributed by atoms with Crippen LogP contribution in [-0.4, -0.2) is 6.26 Å². The standard InChI is InChI=1S/C10H8N2S2/c1-13-10-7(5-11)8(12)4-6-2-3-14-9(6)10/h2-4H,12H2,1H3. The summed E-state index contributed by atoms with van der Waals surface area (Å²) in [6.07, 6.45) is 1.97. The molecule has 2 rings (SSSR count). The zero-order valence-electron chi connectivity index (χ0n) is 7.57. The minimum Gasteiger partial charge on any atom is -0.398 e. The largest absolute Gasteiger partial charge is 0.398 e. The maximum Gasteiger partial charge on any atom is 0.103 e. The molecule has 0 bridgehead atoms. The van der Waals surface area contributed by atoms with Gasteiger partial charge in [-0.25, -0.2) is 0 Å². The van der Waals surface area contributed by atoms with E-state index in [2.05, 4.69) is 6.07 Å². The average Bonchev–Trinajstić information content (AvgIpc) is 2.62. The second kappa shape index (κ2) is 3.52. The summed E-state index contributed by atoms with van der Waals surface area (Å²) in [4.78, 5) is 0.998. The third-order valence-corrected chi connectivity index (χ3v) is 3.94. The molecule has 0 spiro atoms. The second-order valence-corrected chi connectivity index (χ2v) is 4.56. The monoisotopic (exact) mass is 220 g/mol. The Labute approximate surface area is 90.3 Å². The molecular formula is C10H8N2S2. The number of nitrogens with zero attached hydrogens (tertiary/aromatic N) is 1. The van der Waals surface area contributed by atoms with Crippen LogP contribution >= 0.6 is 23.1 Å². The number of thioether (sulfide) groups is 1. The highest BCUT2D eigenvalue weighted by atomic mass is 32.2. The zero-order chi connectivity index (χ0) is 10.1. The van der Waals surface area contributed by atoms with Crippen LogP contribution < -0.4 is 5.73 Å². The van der Waals surface area contributed by atoms with Gasteiger partial charge in [-0.15, -0.1) is 23.1 Å². The fourth-order valence-electron chi connectivity index (χ4n) is 1.41. The van der Waals surface area contributed by atoms with Gasteiger partial charge < -0.3 is 5.73 Å². The third kappa shape index (κ3) is 1.26. The van der Waals surface area contributed by atoms with Crippen molar-refractivity contribution >= 4 is 38.9 Å². The van der Waals surface area contributed by atoms with Crippen LogP contribution in [0.2, 0.25) is 0 Å². The first kappa shape index (κ1) is 9.38. The Kier molecular flexibility index (Phi) is 2.36. The molecule has 2 aromatic rings. The maximum atomic E-state index is 8.99. The topological polar surface area (TPSA) is 49.8 Å². The highest BCUT2D eigenvalue weighted by Crippen LogP contribution is 2.36. The Morgan fingerprint density at radius 3 is 3.00 bits per heavy atom. The number of hydrogen-bond donors (Lipinski definition) is 1. The van der Waals surface area contributed by atoms with Crippen molar-refractivity contribution in [2.45, 2.75) is 4.90 Å². The lowest BCUT2D eigenvalue weighted by Crippen LogP contribution is -1.92. The normalized spacial score (nSPS) is 10.3. The molecule has 2 nitrogen and oxygen atoms in total. The molecule has 1 aromatic carbocycles. The fourth-order valence-corrected chi connectivity index (χ4v) is 3.30. The van der Waals surface area contributed by atoms with E-state index < -0.39 is 0 Å². The lowest BCUT2D eigenvalue weighted by atomic mass is 10.1. The molecule has 0 amide bonds. The average molecular weight is 220 g/mol. The zero-order valence-corrected chi connectivity index (χ0v) is 9.21. The highest BCUT2D eigenvalue weighted by molar-refractivity contribution is 7.99. The molecule has 70 valence electrons. The van der Waals surface area contributed by atoms with Gasteiger partial charge in [-0.2, -0.15) is 5.26 Å². The smallest absolute Gasteiger partial charge is 0.103 e. The molecule has 0 fully saturated rings. The van der Waals surface area contributed by atoms with Gasteiger partial charge in [0, 0.05) is 9.60 Å². The summed E-state index contributed by atoms with van der Waals surface area (Å²) < 4.78 is 1.16. The van der Waals surface area contributed by atoms with Gasteiger partial charge in [0.1, 0.15) is 6.07 Å². The van der Waals surface area contributed by atoms with E-state index in [0.29, 0.717) is 11.3 Å². The summed E-state index contributed by atoms with van der Waals surface area (Å²) in [5, 5.41) is 12.1. The Morgan fingerprint density at radius 1 is 1.57 bits per heavy atom. The quantitative estimate of drug-likeness (QED) is 0.593. The lowest BCUT2D eigenvalue weighted by molar-refractivity contribution is 1.43. The summed E-state index contributed by atoms with van der Waals surface area (Å²) in [6, 6.07) is 6.05. The van der Waals surface area contributed by atoms with Gasteiger partial charge in [0.15, 0.2) is 0 Å². The predicted molar refractivity (Wildman–Crippen MR) is 62.7 cm³/mol. The van der Waals surface area contributed by atoms with Crippen LogP contribution in [0.5, 0.6) is 0 Å². The van der Waals surface area contributed by atoms with Crippen molar-refractivity contribution in [1.82, 2.24) is 0 Å². The van der Waals surface area contributed by atoms with Gasteiger partial charge >= 0.3 is 0 Å². The first-order chi connectivity index (χ1) is 6.77. The van der Waals surface area contributed by atoms with Crippen molar-refractivity contribution in [1.29, 1.82) is 5.26 Å². The molecule has 0 saturated carbocycles. The van der Waals surface area contributed by atoms with E-state index in [-0.39, 0.29) is 0 Å². The van der Waals surface area contributed by atoms with Crippen molar-refractivity contribution in [3.05, 3.63) is 23.1 Å². The Hall–Kier alpha value is -1.18. The van der Waals surface area contributed by atoms with E-state index in [1.54, 1.807) is 23.1 Å². The minimum absolute atomic E-state index is 0.572. The number of thiophene rings is 1. The van der Waals surface area contributed by atoms with Crippen LogP contribution in [-0.2, 0) is 0 Å². The Balaban J connectivity index is 2.91. The SMILES string of the molecule is CSc1c(C#N)c(N)cc2ccsc12. The molecule has 1 aromatic heterocycles. The Morgan fingerprint density at radius 2 is 2.36 bits per heavy atom. The molecule has 0 aliphatic rings. The van der Waals surface area contributed by atoms with E-state index in [1.165, 1.54) is 0 Å². The van der Waals surface area contributed by atoms with E-state index in [1.807, 2.05) is 23.8 Å². The number of nitriles is 1. The van der Waals surface area contributed by atoms with Crippen LogP contribution in [0.25, 0.3) is 10.1 Å². The molecule has 0 unspecified atom stereocenters. The van der Waals surface area contributed by atoms with Gasteiger partial charge in [-0.05, 0) is 29.2 Å². The van der Waals surface area contributed by atoms with Gasteiger partial charge in [0.05, 0.1) is 11.3 Å². The van der Waals surface area contributed by atoms with E-state index in [4.69, 9.17) is 11.0 Å². The molecule has 1 heterocycles. The molecule has 0 aliphatic carbocycles. The van der Waals surface area contributed by atoms with Gasteiger partial charge in [-0.3, -0.25) is 0 Å². The summed E-state index contributed by atoms with van der Waals surface area (Å²) in [6.45, 7) is 0. The summed E-state index contributed by atoms with van der Waals surface area (Å²) in [5.41, 5.74) is 6.98. The second-order valence-electron chi connectivity index (χ2n) is 2.82. The van der Waals surface area contributed by atoms with Gasteiger partial charge in [0.2, 0.25) is 0 Å². The van der Waals surface area contributed by atoms with Gasteiger partial charge in [-0.1, -0.05) is 0 Å². The first-order valence-corrected chi connectivity index (χ1v) is 6.12. The van der Waals surface area contributed by atoms with E-state index in [0.717, 1.165) is 15.0 Å². The molecular weight excluding hydrogens is 212 g/mol. The molecule has 0 radical (unpaired) electrons. The number of anilines is 1. The van der Waals surface area contributed by atoms with Crippen molar-refractivity contribution < 1.29 is 0 Å².